The number of hydrogen-bond acceptors (Lipinski definition) is 2. The molecule has 0 fully saturated rings. The average molecular weight is 259 g/mol. The van der Waals surface area contributed by atoms with Crippen molar-refractivity contribution in [2.45, 2.75) is 19.8 Å². The third-order valence-corrected chi connectivity index (χ3v) is 3.11. The molecule has 0 radical (unpaired) electrons. The van der Waals surface area contributed by atoms with Gasteiger partial charge in [0.1, 0.15) is 5.82 Å². The molecule has 0 heterocycles. The van der Waals surface area contributed by atoms with Crippen LogP contribution in [-0.2, 0) is 0 Å². The van der Waals surface area contributed by atoms with E-state index < -0.39 is 0 Å². The molecule has 1 rings (SSSR count). The number of rotatable bonds is 6. The molecule has 0 saturated carbocycles. The van der Waals surface area contributed by atoms with Gasteiger partial charge in [0.25, 0.3) is 0 Å². The Hall–Kier alpha value is -0.800. The topological polar surface area (TPSA) is 15.3 Å². The van der Waals surface area contributed by atoms with Crippen LogP contribution in [0.15, 0.2) is 12.1 Å². The molecule has 0 aliphatic rings. The van der Waals surface area contributed by atoms with Crippen molar-refractivity contribution in [1.82, 2.24) is 5.32 Å². The molecule has 4 heteroatoms. The van der Waals surface area contributed by atoms with Crippen LogP contribution in [0.25, 0.3) is 0 Å². The van der Waals surface area contributed by atoms with E-state index in [0.717, 1.165) is 31.6 Å². The molecular weight excluding hydrogens is 239 g/mol. The van der Waals surface area contributed by atoms with Crippen molar-refractivity contribution >= 4 is 17.3 Å². The van der Waals surface area contributed by atoms with Gasteiger partial charge in [0.05, 0.1) is 10.7 Å². The highest BCUT2D eigenvalue weighted by Crippen LogP contribution is 2.28. The maximum Gasteiger partial charge on any atom is 0.128 e. The van der Waals surface area contributed by atoms with Crippen molar-refractivity contribution in [3.8, 4) is 0 Å². The second-order valence-corrected chi connectivity index (χ2v) is 4.69. The molecular formula is C13H20ClFN2. The van der Waals surface area contributed by atoms with Crippen LogP contribution in [0.5, 0.6) is 0 Å². The molecule has 0 atom stereocenters. The summed E-state index contributed by atoms with van der Waals surface area (Å²) >= 11 is 6.12. The van der Waals surface area contributed by atoms with Crippen LogP contribution in [-0.4, -0.2) is 27.2 Å². The summed E-state index contributed by atoms with van der Waals surface area (Å²) in [6.45, 7) is 3.60. The van der Waals surface area contributed by atoms with Crippen molar-refractivity contribution < 1.29 is 4.39 Å². The first kappa shape index (κ1) is 14.3. The summed E-state index contributed by atoms with van der Waals surface area (Å²) in [4.78, 5) is 2.00. The Bertz CT molecular complexity index is 369. The van der Waals surface area contributed by atoms with Gasteiger partial charge in [-0.05, 0) is 51.1 Å². The molecule has 0 unspecified atom stereocenters. The third kappa shape index (κ3) is 4.17. The average Bonchev–Trinajstić information content (AvgIpc) is 2.29. The molecule has 96 valence electrons. The van der Waals surface area contributed by atoms with E-state index in [1.807, 2.05) is 19.0 Å². The first-order chi connectivity index (χ1) is 8.06. The Balaban J connectivity index is 2.62. The lowest BCUT2D eigenvalue weighted by atomic mass is 10.2. The number of halogens is 2. The van der Waals surface area contributed by atoms with Crippen molar-refractivity contribution in [3.05, 3.63) is 28.5 Å². The largest absolute Gasteiger partial charge is 0.373 e. The van der Waals surface area contributed by atoms with E-state index >= 15 is 0 Å². The summed E-state index contributed by atoms with van der Waals surface area (Å²) in [7, 11) is 3.88. The van der Waals surface area contributed by atoms with Crippen molar-refractivity contribution in [2.24, 2.45) is 0 Å². The predicted molar refractivity (Wildman–Crippen MR) is 72.6 cm³/mol. The standard InChI is InChI=1S/C13H20ClFN2/c1-10-8-11(14)13(9-12(10)15)17(3)7-5-4-6-16-2/h8-9,16H,4-7H2,1-3H3. The fourth-order valence-electron chi connectivity index (χ4n) is 1.70. The Labute approximate surface area is 108 Å². The fraction of sp³-hybridized carbons (Fsp3) is 0.538. The molecule has 0 spiro atoms. The SMILES string of the molecule is CNCCCCN(C)c1cc(F)c(C)cc1Cl. The number of unbranched alkanes of at least 4 members (excludes halogenated alkanes) is 1. The molecule has 0 aliphatic heterocycles. The summed E-state index contributed by atoms with van der Waals surface area (Å²) in [5.74, 6) is -0.202. The van der Waals surface area contributed by atoms with Gasteiger partial charge in [-0.2, -0.15) is 0 Å². The van der Waals surface area contributed by atoms with Crippen molar-refractivity contribution in [3.63, 3.8) is 0 Å². The molecule has 1 N–H and O–H groups in total. The molecule has 0 aliphatic carbocycles. The fourth-order valence-corrected chi connectivity index (χ4v) is 2.06. The van der Waals surface area contributed by atoms with E-state index in [-0.39, 0.29) is 5.82 Å². The van der Waals surface area contributed by atoms with Crippen molar-refractivity contribution in [1.29, 1.82) is 0 Å². The highest BCUT2D eigenvalue weighted by atomic mass is 35.5. The Morgan fingerprint density at radius 2 is 2.06 bits per heavy atom. The van der Waals surface area contributed by atoms with Crippen LogP contribution in [0, 0.1) is 12.7 Å². The molecule has 0 amide bonds. The van der Waals surface area contributed by atoms with E-state index in [0.29, 0.717) is 10.6 Å². The maximum absolute atomic E-state index is 13.5. The molecule has 1 aromatic rings. The summed E-state index contributed by atoms with van der Waals surface area (Å²) in [5, 5.41) is 3.72. The van der Waals surface area contributed by atoms with Crippen LogP contribution in [0.3, 0.4) is 0 Å². The van der Waals surface area contributed by atoms with E-state index in [4.69, 9.17) is 11.6 Å². The third-order valence-electron chi connectivity index (χ3n) is 2.81. The number of nitrogens with zero attached hydrogens (tertiary/aromatic N) is 1. The van der Waals surface area contributed by atoms with Crippen LogP contribution < -0.4 is 10.2 Å². The van der Waals surface area contributed by atoms with Crippen molar-refractivity contribution in [2.75, 3.05) is 32.1 Å². The van der Waals surface area contributed by atoms with E-state index in [1.54, 1.807) is 13.0 Å². The van der Waals surface area contributed by atoms with E-state index in [9.17, 15) is 4.39 Å². The zero-order chi connectivity index (χ0) is 12.8. The molecule has 0 saturated heterocycles. The van der Waals surface area contributed by atoms with Gasteiger partial charge in [0.2, 0.25) is 0 Å². The number of benzene rings is 1. The lowest BCUT2D eigenvalue weighted by molar-refractivity contribution is 0.617. The Morgan fingerprint density at radius 1 is 1.35 bits per heavy atom. The minimum absolute atomic E-state index is 0.202. The second kappa shape index (κ2) is 6.82. The van der Waals surface area contributed by atoms with Gasteiger partial charge < -0.3 is 10.2 Å². The van der Waals surface area contributed by atoms with Gasteiger partial charge in [0.15, 0.2) is 0 Å². The van der Waals surface area contributed by atoms with Crippen LogP contribution in [0.1, 0.15) is 18.4 Å². The number of nitrogens with one attached hydrogen (secondary N) is 1. The van der Waals surface area contributed by atoms with Gasteiger partial charge in [-0.3, -0.25) is 0 Å². The van der Waals surface area contributed by atoms with Gasteiger partial charge in [-0.15, -0.1) is 0 Å². The summed E-state index contributed by atoms with van der Waals surface area (Å²) < 4.78 is 13.5. The maximum atomic E-state index is 13.5. The zero-order valence-electron chi connectivity index (χ0n) is 10.7. The molecule has 2 nitrogen and oxygen atoms in total. The molecule has 0 aromatic heterocycles. The Kier molecular flexibility index (Phi) is 5.72. The normalized spacial score (nSPS) is 10.6. The lowest BCUT2D eigenvalue weighted by Crippen LogP contribution is -2.20. The van der Waals surface area contributed by atoms with E-state index in [1.165, 1.54) is 6.07 Å². The van der Waals surface area contributed by atoms with Crippen LogP contribution in [0.2, 0.25) is 5.02 Å². The monoisotopic (exact) mass is 258 g/mol. The lowest BCUT2D eigenvalue weighted by Gasteiger charge is -2.21. The number of hydrogen-bond donors (Lipinski definition) is 1. The van der Waals surface area contributed by atoms with Gasteiger partial charge in [0, 0.05) is 13.6 Å². The summed E-state index contributed by atoms with van der Waals surface area (Å²) in [5.41, 5.74) is 1.35. The molecule has 17 heavy (non-hydrogen) atoms. The van der Waals surface area contributed by atoms with Crippen LogP contribution in [0.4, 0.5) is 10.1 Å². The Morgan fingerprint density at radius 3 is 2.71 bits per heavy atom. The zero-order valence-corrected chi connectivity index (χ0v) is 11.4. The van der Waals surface area contributed by atoms with Gasteiger partial charge in [-0.1, -0.05) is 11.6 Å². The molecule has 0 bridgehead atoms. The number of anilines is 1. The number of aryl methyl sites for hydroxylation is 1. The minimum Gasteiger partial charge on any atom is -0.373 e. The second-order valence-electron chi connectivity index (χ2n) is 4.29. The van der Waals surface area contributed by atoms with Crippen LogP contribution >= 0.6 is 11.6 Å². The highest BCUT2D eigenvalue weighted by Gasteiger charge is 2.09. The first-order valence-corrected chi connectivity index (χ1v) is 6.25. The quantitative estimate of drug-likeness (QED) is 0.789. The van der Waals surface area contributed by atoms with Gasteiger partial charge in [-0.25, -0.2) is 4.39 Å². The van der Waals surface area contributed by atoms with Gasteiger partial charge >= 0.3 is 0 Å². The minimum atomic E-state index is -0.202. The summed E-state index contributed by atoms with van der Waals surface area (Å²) in [6, 6.07) is 3.19. The summed E-state index contributed by atoms with van der Waals surface area (Å²) in [6.07, 6.45) is 2.16. The first-order valence-electron chi connectivity index (χ1n) is 5.87. The molecule has 1 aromatic carbocycles. The highest BCUT2D eigenvalue weighted by molar-refractivity contribution is 6.33. The predicted octanol–water partition coefficient (Wildman–Crippen LogP) is 3.22. The van der Waals surface area contributed by atoms with E-state index in [2.05, 4.69) is 5.32 Å². The smallest absolute Gasteiger partial charge is 0.128 e.